The van der Waals surface area contributed by atoms with Crippen molar-refractivity contribution in [2.45, 2.75) is 11.8 Å². The largest absolute Gasteiger partial charge is 0.372 e. The minimum absolute atomic E-state index is 0.152. The van der Waals surface area contributed by atoms with Crippen molar-refractivity contribution in [1.29, 1.82) is 5.26 Å². The first-order chi connectivity index (χ1) is 12.5. The van der Waals surface area contributed by atoms with E-state index in [1.165, 1.54) is 6.20 Å². The summed E-state index contributed by atoms with van der Waals surface area (Å²) < 4.78 is 25.4. The molecular formula is C20H21N3O2S. The highest BCUT2D eigenvalue weighted by atomic mass is 32.2. The summed E-state index contributed by atoms with van der Waals surface area (Å²) >= 11 is 0. The lowest BCUT2D eigenvalue weighted by Crippen LogP contribution is -2.44. The Morgan fingerprint density at radius 3 is 2.19 bits per heavy atom. The van der Waals surface area contributed by atoms with Gasteiger partial charge in [-0.1, -0.05) is 35.9 Å². The van der Waals surface area contributed by atoms with Crippen molar-refractivity contribution in [3.8, 4) is 6.07 Å². The maximum Gasteiger partial charge on any atom is 0.218 e. The molecule has 1 aliphatic heterocycles. The van der Waals surface area contributed by atoms with Gasteiger partial charge in [-0.05, 0) is 31.2 Å². The minimum Gasteiger partial charge on any atom is -0.372 e. The first-order valence-electron chi connectivity index (χ1n) is 8.48. The van der Waals surface area contributed by atoms with Gasteiger partial charge in [0, 0.05) is 38.1 Å². The Morgan fingerprint density at radius 1 is 1.00 bits per heavy atom. The first kappa shape index (κ1) is 18.0. The molecule has 0 spiro atoms. The predicted octanol–water partition coefficient (Wildman–Crippen LogP) is 2.96. The van der Waals surface area contributed by atoms with E-state index in [9.17, 15) is 13.7 Å². The van der Waals surface area contributed by atoms with Gasteiger partial charge in [0.15, 0.2) is 4.91 Å². The fourth-order valence-corrected chi connectivity index (χ4v) is 4.07. The van der Waals surface area contributed by atoms with E-state index < -0.39 is 9.84 Å². The van der Waals surface area contributed by atoms with Crippen LogP contribution in [0.15, 0.2) is 70.6 Å². The summed E-state index contributed by atoms with van der Waals surface area (Å²) in [6, 6.07) is 18.5. The molecule has 2 aromatic rings. The fourth-order valence-electron chi connectivity index (χ4n) is 2.92. The Bertz CT molecular complexity index is 921. The third kappa shape index (κ3) is 3.89. The average molecular weight is 367 g/mol. The Labute approximate surface area is 154 Å². The van der Waals surface area contributed by atoms with E-state index in [1.54, 1.807) is 24.3 Å². The Kier molecular flexibility index (Phi) is 5.29. The summed E-state index contributed by atoms with van der Waals surface area (Å²) in [5.74, 6) is 0. The summed E-state index contributed by atoms with van der Waals surface area (Å²) in [7, 11) is -3.79. The van der Waals surface area contributed by atoms with Gasteiger partial charge < -0.3 is 9.80 Å². The van der Waals surface area contributed by atoms with E-state index in [0.29, 0.717) is 13.1 Å². The van der Waals surface area contributed by atoms with Gasteiger partial charge in [0.1, 0.15) is 6.07 Å². The second-order valence-corrected chi connectivity index (χ2v) is 8.20. The molecule has 0 amide bonds. The van der Waals surface area contributed by atoms with Gasteiger partial charge in [0.05, 0.1) is 4.90 Å². The Hall–Kier alpha value is -2.78. The molecular weight excluding hydrogens is 346 g/mol. The van der Waals surface area contributed by atoms with Crippen LogP contribution < -0.4 is 4.90 Å². The van der Waals surface area contributed by atoms with Crippen LogP contribution in [0.1, 0.15) is 5.56 Å². The molecule has 3 rings (SSSR count). The van der Waals surface area contributed by atoms with Gasteiger partial charge in [0.25, 0.3) is 0 Å². The first-order valence-corrected chi connectivity index (χ1v) is 9.97. The summed E-state index contributed by atoms with van der Waals surface area (Å²) in [6.07, 6.45) is 1.48. The number of nitrogens with zero attached hydrogens (tertiary/aromatic N) is 3. The van der Waals surface area contributed by atoms with Gasteiger partial charge in [-0.2, -0.15) is 5.26 Å². The van der Waals surface area contributed by atoms with Crippen molar-refractivity contribution in [3.63, 3.8) is 0 Å². The number of piperazine rings is 1. The van der Waals surface area contributed by atoms with E-state index in [2.05, 4.69) is 17.0 Å². The van der Waals surface area contributed by atoms with Crippen LogP contribution in [0, 0.1) is 18.3 Å². The molecule has 5 nitrogen and oxygen atoms in total. The Balaban J connectivity index is 1.74. The topological polar surface area (TPSA) is 64.4 Å². The number of hydrogen-bond acceptors (Lipinski definition) is 5. The van der Waals surface area contributed by atoms with Crippen molar-refractivity contribution in [3.05, 3.63) is 71.3 Å². The number of benzene rings is 2. The van der Waals surface area contributed by atoms with E-state index in [1.807, 2.05) is 36.1 Å². The fraction of sp³-hybridized carbons (Fsp3) is 0.250. The lowest BCUT2D eigenvalue weighted by Gasteiger charge is -2.35. The number of sulfone groups is 1. The number of hydrogen-bond donors (Lipinski definition) is 0. The second-order valence-electron chi connectivity index (χ2n) is 6.28. The number of nitriles is 1. The molecule has 0 saturated carbocycles. The summed E-state index contributed by atoms with van der Waals surface area (Å²) in [6.45, 7) is 4.80. The molecule has 134 valence electrons. The zero-order valence-electron chi connectivity index (χ0n) is 14.7. The smallest absolute Gasteiger partial charge is 0.218 e. The molecule has 1 fully saturated rings. The molecule has 6 heteroatoms. The molecule has 2 aromatic carbocycles. The molecule has 0 N–H and O–H groups in total. The maximum absolute atomic E-state index is 12.7. The van der Waals surface area contributed by atoms with Gasteiger partial charge in [0.2, 0.25) is 9.84 Å². The van der Waals surface area contributed by atoms with Crippen LogP contribution in [0.3, 0.4) is 0 Å². The van der Waals surface area contributed by atoms with E-state index >= 15 is 0 Å². The van der Waals surface area contributed by atoms with Crippen LogP contribution in [0.4, 0.5) is 5.69 Å². The number of aryl methyl sites for hydroxylation is 1. The van der Waals surface area contributed by atoms with Crippen molar-refractivity contribution in [2.24, 2.45) is 0 Å². The molecule has 0 radical (unpaired) electrons. The van der Waals surface area contributed by atoms with Gasteiger partial charge in [-0.3, -0.25) is 0 Å². The molecule has 0 unspecified atom stereocenters. The maximum atomic E-state index is 12.7. The van der Waals surface area contributed by atoms with Crippen molar-refractivity contribution in [1.82, 2.24) is 4.90 Å². The zero-order chi connectivity index (χ0) is 18.6. The standard InChI is InChI=1S/C20H21N3O2S/c1-17-7-9-19(10-8-17)26(24,25)20(15-21)16-22-11-13-23(14-12-22)18-5-3-2-4-6-18/h2-10,16H,11-14H2,1H3. The van der Waals surface area contributed by atoms with Crippen LogP contribution in [0.25, 0.3) is 0 Å². The molecule has 0 aromatic heterocycles. The van der Waals surface area contributed by atoms with Gasteiger partial charge >= 0.3 is 0 Å². The van der Waals surface area contributed by atoms with Crippen molar-refractivity contribution >= 4 is 15.5 Å². The summed E-state index contributed by atoms with van der Waals surface area (Å²) in [4.78, 5) is 4.10. The van der Waals surface area contributed by atoms with Crippen molar-refractivity contribution in [2.75, 3.05) is 31.1 Å². The summed E-state index contributed by atoms with van der Waals surface area (Å²) in [5.41, 5.74) is 2.13. The number of anilines is 1. The lowest BCUT2D eigenvalue weighted by molar-refractivity contribution is 0.348. The highest BCUT2D eigenvalue weighted by Gasteiger charge is 2.23. The third-order valence-electron chi connectivity index (χ3n) is 4.47. The molecule has 0 atom stereocenters. The number of rotatable bonds is 4. The van der Waals surface area contributed by atoms with Crippen LogP contribution in [0.5, 0.6) is 0 Å². The molecule has 1 heterocycles. The molecule has 26 heavy (non-hydrogen) atoms. The quantitative estimate of drug-likeness (QED) is 0.778. The van der Waals surface area contributed by atoms with Crippen LogP contribution >= 0.6 is 0 Å². The lowest BCUT2D eigenvalue weighted by atomic mass is 10.2. The Morgan fingerprint density at radius 2 is 1.62 bits per heavy atom. The molecule has 1 saturated heterocycles. The van der Waals surface area contributed by atoms with E-state index in [-0.39, 0.29) is 9.80 Å². The van der Waals surface area contributed by atoms with Gasteiger partial charge in [-0.15, -0.1) is 0 Å². The second kappa shape index (κ2) is 7.63. The molecule has 0 bridgehead atoms. The molecule has 0 aliphatic carbocycles. The minimum atomic E-state index is -3.79. The zero-order valence-corrected chi connectivity index (χ0v) is 15.5. The SMILES string of the molecule is Cc1ccc(S(=O)(=O)C(C#N)=CN2CCN(c3ccccc3)CC2)cc1. The van der Waals surface area contributed by atoms with E-state index in [4.69, 9.17) is 0 Å². The van der Waals surface area contributed by atoms with Crippen LogP contribution in [-0.4, -0.2) is 39.5 Å². The average Bonchev–Trinajstić information content (AvgIpc) is 2.67. The van der Waals surface area contributed by atoms with Gasteiger partial charge in [-0.25, -0.2) is 8.42 Å². The highest BCUT2D eigenvalue weighted by molar-refractivity contribution is 7.95. The van der Waals surface area contributed by atoms with E-state index in [0.717, 1.165) is 24.3 Å². The highest BCUT2D eigenvalue weighted by Crippen LogP contribution is 2.21. The van der Waals surface area contributed by atoms with Crippen LogP contribution in [0.2, 0.25) is 0 Å². The van der Waals surface area contributed by atoms with Crippen LogP contribution in [-0.2, 0) is 9.84 Å². The van der Waals surface area contributed by atoms with Crippen molar-refractivity contribution < 1.29 is 8.42 Å². The predicted molar refractivity (Wildman–Crippen MR) is 102 cm³/mol. The molecule has 1 aliphatic rings. The number of allylic oxidation sites excluding steroid dienone is 1. The number of para-hydroxylation sites is 1. The normalized spacial score (nSPS) is 15.6. The third-order valence-corrected chi connectivity index (χ3v) is 6.13. The summed E-state index contributed by atoms with van der Waals surface area (Å²) in [5, 5.41) is 9.40. The monoisotopic (exact) mass is 367 g/mol.